The highest BCUT2D eigenvalue weighted by molar-refractivity contribution is 7.92. The van der Waals surface area contributed by atoms with E-state index in [1.165, 1.54) is 23.1 Å². The van der Waals surface area contributed by atoms with Gasteiger partial charge in [0.2, 0.25) is 21.8 Å². The summed E-state index contributed by atoms with van der Waals surface area (Å²) in [6, 6.07) is 12.0. The first-order valence-electron chi connectivity index (χ1n) is 11.0. The van der Waals surface area contributed by atoms with Crippen molar-refractivity contribution in [3.05, 3.63) is 59.9 Å². The smallest absolute Gasteiger partial charge is 0.242 e. The highest BCUT2D eigenvalue weighted by atomic mass is 32.2. The van der Waals surface area contributed by atoms with Gasteiger partial charge in [0.1, 0.15) is 17.6 Å². The van der Waals surface area contributed by atoms with E-state index in [0.717, 1.165) is 16.1 Å². The second-order valence-corrected chi connectivity index (χ2v) is 9.74. The number of anilines is 1. The molecule has 2 aromatic carbocycles. The zero-order valence-corrected chi connectivity index (χ0v) is 20.8. The molecular formula is C24H32FN3O5S. The molecule has 34 heavy (non-hydrogen) atoms. The van der Waals surface area contributed by atoms with Crippen LogP contribution >= 0.6 is 0 Å². The van der Waals surface area contributed by atoms with Crippen molar-refractivity contribution in [3.63, 3.8) is 0 Å². The van der Waals surface area contributed by atoms with Crippen LogP contribution in [0, 0.1) is 5.82 Å². The van der Waals surface area contributed by atoms with Crippen molar-refractivity contribution in [1.82, 2.24) is 10.2 Å². The van der Waals surface area contributed by atoms with Gasteiger partial charge in [-0.05, 0) is 50.1 Å². The number of hydrogen-bond acceptors (Lipinski definition) is 5. The number of benzene rings is 2. The van der Waals surface area contributed by atoms with Gasteiger partial charge in [0.15, 0.2) is 0 Å². The van der Waals surface area contributed by atoms with E-state index in [-0.39, 0.29) is 43.4 Å². The molecule has 2 rings (SSSR count). The Hall–Kier alpha value is -3.14. The summed E-state index contributed by atoms with van der Waals surface area (Å²) in [4.78, 5) is 27.1. The lowest BCUT2D eigenvalue weighted by molar-refractivity contribution is -0.140. The van der Waals surface area contributed by atoms with Crippen molar-refractivity contribution in [1.29, 1.82) is 0 Å². The van der Waals surface area contributed by atoms with Crippen LogP contribution in [0.1, 0.15) is 32.3 Å². The van der Waals surface area contributed by atoms with Gasteiger partial charge in [-0.1, -0.05) is 24.3 Å². The standard InChI is InChI=1S/C24H32FN3O5S/c1-5-26-24(30)18(2)27(17-19-12-14-20(33-3)15-13-19)23(29)11-8-16-28(34(4,31)32)22-10-7-6-9-21(22)25/h6-7,9-10,12-15,18H,5,8,11,16-17H2,1-4H3,(H,26,30). The molecule has 0 saturated heterocycles. The van der Waals surface area contributed by atoms with Crippen LogP contribution in [-0.2, 0) is 26.2 Å². The van der Waals surface area contributed by atoms with E-state index in [0.29, 0.717) is 12.3 Å². The number of ether oxygens (including phenoxy) is 1. The predicted octanol–water partition coefficient (Wildman–Crippen LogP) is 2.93. The number of nitrogens with zero attached hydrogens (tertiary/aromatic N) is 2. The van der Waals surface area contributed by atoms with Crippen LogP contribution in [0.3, 0.4) is 0 Å². The van der Waals surface area contributed by atoms with E-state index in [1.807, 2.05) is 12.1 Å². The minimum absolute atomic E-state index is 0.0135. The van der Waals surface area contributed by atoms with Gasteiger partial charge in [0, 0.05) is 26.1 Å². The van der Waals surface area contributed by atoms with E-state index < -0.39 is 21.9 Å². The van der Waals surface area contributed by atoms with Crippen LogP contribution in [0.2, 0.25) is 0 Å². The molecule has 0 aliphatic rings. The molecule has 1 N–H and O–H groups in total. The Morgan fingerprint density at radius 1 is 1.12 bits per heavy atom. The number of para-hydroxylation sites is 1. The molecule has 0 heterocycles. The number of amides is 2. The predicted molar refractivity (Wildman–Crippen MR) is 130 cm³/mol. The SMILES string of the molecule is CCNC(=O)C(C)N(Cc1ccc(OC)cc1)C(=O)CCCN(c1ccccc1F)S(C)(=O)=O. The Morgan fingerprint density at radius 3 is 2.32 bits per heavy atom. The van der Waals surface area contributed by atoms with Gasteiger partial charge in [-0.25, -0.2) is 12.8 Å². The third-order valence-corrected chi connectivity index (χ3v) is 6.48. The summed E-state index contributed by atoms with van der Waals surface area (Å²) < 4.78 is 44.8. The van der Waals surface area contributed by atoms with Crippen molar-refractivity contribution in [2.45, 2.75) is 39.3 Å². The minimum atomic E-state index is -3.76. The Balaban J connectivity index is 2.16. The molecule has 0 radical (unpaired) electrons. The number of carbonyl (C=O) groups excluding carboxylic acids is 2. The fourth-order valence-electron chi connectivity index (χ4n) is 3.47. The van der Waals surface area contributed by atoms with Gasteiger partial charge in [-0.3, -0.25) is 13.9 Å². The van der Waals surface area contributed by atoms with E-state index in [4.69, 9.17) is 4.74 Å². The Bertz CT molecular complexity index is 1080. The molecule has 8 nitrogen and oxygen atoms in total. The first kappa shape index (κ1) is 27.1. The van der Waals surface area contributed by atoms with Crippen molar-refractivity contribution < 1.29 is 27.1 Å². The average Bonchev–Trinajstić information content (AvgIpc) is 2.80. The van der Waals surface area contributed by atoms with Gasteiger partial charge in [-0.2, -0.15) is 0 Å². The largest absolute Gasteiger partial charge is 0.497 e. The van der Waals surface area contributed by atoms with Crippen LogP contribution in [0.15, 0.2) is 48.5 Å². The van der Waals surface area contributed by atoms with Crippen molar-refractivity contribution >= 4 is 27.5 Å². The molecule has 2 aromatic rings. The van der Waals surface area contributed by atoms with Gasteiger partial charge in [0.25, 0.3) is 0 Å². The molecule has 1 unspecified atom stereocenters. The van der Waals surface area contributed by atoms with E-state index in [9.17, 15) is 22.4 Å². The van der Waals surface area contributed by atoms with E-state index in [2.05, 4.69) is 5.32 Å². The number of carbonyl (C=O) groups is 2. The summed E-state index contributed by atoms with van der Waals surface area (Å²) in [5.74, 6) is -0.581. The molecule has 186 valence electrons. The van der Waals surface area contributed by atoms with E-state index in [1.54, 1.807) is 39.2 Å². The molecule has 0 aliphatic heterocycles. The maximum absolute atomic E-state index is 14.2. The zero-order valence-electron chi connectivity index (χ0n) is 20.0. The Labute approximate surface area is 200 Å². The van der Waals surface area contributed by atoms with Crippen molar-refractivity contribution in [3.8, 4) is 5.75 Å². The number of likely N-dealkylation sites (N-methyl/N-ethyl adjacent to an activating group) is 1. The summed E-state index contributed by atoms with van der Waals surface area (Å²) in [6.07, 6.45) is 1.14. The van der Waals surface area contributed by atoms with Crippen LogP contribution < -0.4 is 14.4 Å². The number of methoxy groups -OCH3 is 1. The summed E-state index contributed by atoms with van der Waals surface area (Å²) in [5, 5.41) is 2.72. The van der Waals surface area contributed by atoms with Crippen LogP contribution in [0.5, 0.6) is 5.75 Å². The quantitative estimate of drug-likeness (QED) is 0.491. The minimum Gasteiger partial charge on any atom is -0.497 e. The molecule has 0 aromatic heterocycles. The maximum atomic E-state index is 14.2. The second-order valence-electron chi connectivity index (χ2n) is 7.83. The Morgan fingerprint density at radius 2 is 1.76 bits per heavy atom. The lowest BCUT2D eigenvalue weighted by Gasteiger charge is -2.29. The molecule has 0 fully saturated rings. The third kappa shape index (κ3) is 7.44. The molecule has 0 aliphatic carbocycles. The number of sulfonamides is 1. The summed E-state index contributed by atoms with van der Waals surface area (Å²) in [7, 11) is -2.20. The fraction of sp³-hybridized carbons (Fsp3) is 0.417. The normalized spacial score (nSPS) is 12.0. The first-order chi connectivity index (χ1) is 16.1. The highest BCUT2D eigenvalue weighted by Gasteiger charge is 2.26. The topological polar surface area (TPSA) is 96.0 Å². The average molecular weight is 494 g/mol. The molecule has 0 spiro atoms. The maximum Gasteiger partial charge on any atom is 0.242 e. The van der Waals surface area contributed by atoms with Gasteiger partial charge < -0.3 is 15.0 Å². The molecule has 0 bridgehead atoms. The van der Waals surface area contributed by atoms with Crippen molar-refractivity contribution in [2.24, 2.45) is 0 Å². The van der Waals surface area contributed by atoms with Gasteiger partial charge >= 0.3 is 0 Å². The third-order valence-electron chi connectivity index (χ3n) is 5.30. The van der Waals surface area contributed by atoms with Crippen LogP contribution in [-0.4, -0.2) is 57.6 Å². The number of hydrogen-bond donors (Lipinski definition) is 1. The lowest BCUT2D eigenvalue weighted by Crippen LogP contribution is -2.47. The zero-order chi connectivity index (χ0) is 25.3. The fourth-order valence-corrected chi connectivity index (χ4v) is 4.43. The molecule has 1 atom stereocenters. The number of halogens is 1. The summed E-state index contributed by atoms with van der Waals surface area (Å²) in [6.45, 7) is 4.00. The van der Waals surface area contributed by atoms with Crippen molar-refractivity contribution in [2.75, 3.05) is 30.8 Å². The monoisotopic (exact) mass is 493 g/mol. The summed E-state index contributed by atoms with van der Waals surface area (Å²) in [5.41, 5.74) is 0.748. The van der Waals surface area contributed by atoms with Gasteiger partial charge in [-0.15, -0.1) is 0 Å². The lowest BCUT2D eigenvalue weighted by atomic mass is 10.1. The van der Waals surface area contributed by atoms with Gasteiger partial charge in [0.05, 0.1) is 19.1 Å². The van der Waals surface area contributed by atoms with E-state index >= 15 is 0 Å². The van der Waals surface area contributed by atoms with Crippen LogP contribution in [0.4, 0.5) is 10.1 Å². The molecule has 0 saturated carbocycles. The van der Waals surface area contributed by atoms with Crippen LogP contribution in [0.25, 0.3) is 0 Å². The second kappa shape index (κ2) is 12.4. The summed E-state index contributed by atoms with van der Waals surface area (Å²) >= 11 is 0. The Kier molecular flexibility index (Phi) is 9.85. The molecular weight excluding hydrogens is 461 g/mol. The molecule has 2 amide bonds. The number of rotatable bonds is 12. The first-order valence-corrected chi connectivity index (χ1v) is 12.9. The highest BCUT2D eigenvalue weighted by Crippen LogP contribution is 2.22. The number of nitrogens with one attached hydrogen (secondary N) is 1. The molecule has 10 heteroatoms.